The van der Waals surface area contributed by atoms with Gasteiger partial charge in [-0.1, -0.05) is 29.3 Å². The maximum atomic E-state index is 12.3. The van der Waals surface area contributed by atoms with Crippen molar-refractivity contribution in [2.24, 2.45) is 0 Å². The van der Waals surface area contributed by atoms with E-state index in [1.807, 2.05) is 0 Å². The second-order valence-corrected chi connectivity index (χ2v) is 5.93. The van der Waals surface area contributed by atoms with Gasteiger partial charge in [0, 0.05) is 21.7 Å². The van der Waals surface area contributed by atoms with Gasteiger partial charge in [0.1, 0.15) is 5.82 Å². The van der Waals surface area contributed by atoms with Crippen molar-refractivity contribution in [3.05, 3.63) is 51.1 Å². The summed E-state index contributed by atoms with van der Waals surface area (Å²) in [6.07, 6.45) is 3.10. The van der Waals surface area contributed by atoms with Crippen LogP contribution in [0.15, 0.2) is 24.3 Å². The summed E-state index contributed by atoms with van der Waals surface area (Å²) in [6.45, 7) is 0.711. The number of hydrogen-bond acceptors (Lipinski definition) is 5. The Bertz CT molecular complexity index is 822. The standard InChI is InChI=1S/C15H13Cl2N5O/c16-9-3-1-8(11(17)5-9)2-4-13(23)22-6-10-12(7-22)20-15(19)21-14(10)18/h1-5H,6-7H2,(H4,18,19,20,21)/b4-2+. The van der Waals surface area contributed by atoms with Crippen molar-refractivity contribution in [3.63, 3.8) is 0 Å². The number of aromatic nitrogens is 2. The molecule has 23 heavy (non-hydrogen) atoms. The van der Waals surface area contributed by atoms with Crippen LogP contribution < -0.4 is 11.5 Å². The van der Waals surface area contributed by atoms with Crippen molar-refractivity contribution in [2.45, 2.75) is 13.1 Å². The van der Waals surface area contributed by atoms with E-state index in [2.05, 4.69) is 9.97 Å². The first kappa shape index (κ1) is 15.6. The molecule has 0 unspecified atom stereocenters. The van der Waals surface area contributed by atoms with Gasteiger partial charge in [0.15, 0.2) is 0 Å². The van der Waals surface area contributed by atoms with Gasteiger partial charge in [-0.25, -0.2) is 4.98 Å². The molecular formula is C15H13Cl2N5O. The van der Waals surface area contributed by atoms with E-state index in [0.29, 0.717) is 40.2 Å². The number of rotatable bonds is 2. The zero-order valence-corrected chi connectivity index (χ0v) is 13.5. The van der Waals surface area contributed by atoms with Gasteiger partial charge in [0.2, 0.25) is 11.9 Å². The second kappa shape index (κ2) is 6.06. The first-order valence-corrected chi connectivity index (χ1v) is 7.52. The molecule has 2 heterocycles. The van der Waals surface area contributed by atoms with Gasteiger partial charge >= 0.3 is 0 Å². The number of carbonyl (C=O) groups excluding carboxylic acids is 1. The maximum Gasteiger partial charge on any atom is 0.247 e. The van der Waals surface area contributed by atoms with Crippen molar-refractivity contribution >= 4 is 47.0 Å². The molecular weight excluding hydrogens is 337 g/mol. The monoisotopic (exact) mass is 349 g/mol. The summed E-state index contributed by atoms with van der Waals surface area (Å²) in [4.78, 5) is 22.0. The molecule has 0 radical (unpaired) electrons. The molecule has 0 aliphatic carbocycles. The predicted molar refractivity (Wildman–Crippen MR) is 90.6 cm³/mol. The van der Waals surface area contributed by atoms with Crippen LogP contribution in [0, 0.1) is 0 Å². The fourth-order valence-corrected chi connectivity index (χ4v) is 2.83. The van der Waals surface area contributed by atoms with Crippen LogP contribution in [-0.4, -0.2) is 20.8 Å². The first-order chi connectivity index (χ1) is 10.9. The summed E-state index contributed by atoms with van der Waals surface area (Å²) in [7, 11) is 0. The molecule has 1 aliphatic rings. The van der Waals surface area contributed by atoms with Gasteiger partial charge in [0.05, 0.1) is 18.8 Å². The molecule has 0 fully saturated rings. The number of hydrogen-bond donors (Lipinski definition) is 2. The average Bonchev–Trinajstić information content (AvgIpc) is 2.90. The minimum atomic E-state index is -0.174. The Hall–Kier alpha value is -2.31. The molecule has 0 atom stereocenters. The SMILES string of the molecule is Nc1nc(N)c2c(n1)CN(C(=O)/C=C/c1ccc(Cl)cc1Cl)C2. The Balaban J connectivity index is 1.75. The van der Waals surface area contributed by atoms with Crippen LogP contribution in [0.4, 0.5) is 11.8 Å². The number of nitrogen functional groups attached to an aromatic ring is 2. The van der Waals surface area contributed by atoms with Crippen LogP contribution >= 0.6 is 23.2 Å². The lowest BCUT2D eigenvalue weighted by Gasteiger charge is -2.12. The van der Waals surface area contributed by atoms with Crippen molar-refractivity contribution in [2.75, 3.05) is 11.5 Å². The second-order valence-electron chi connectivity index (χ2n) is 5.09. The predicted octanol–water partition coefficient (Wildman–Crippen LogP) is 2.50. The first-order valence-electron chi connectivity index (χ1n) is 6.77. The van der Waals surface area contributed by atoms with Crippen LogP contribution in [0.5, 0.6) is 0 Å². The van der Waals surface area contributed by atoms with Gasteiger partial charge in [-0.05, 0) is 23.8 Å². The van der Waals surface area contributed by atoms with Crippen molar-refractivity contribution in [1.82, 2.24) is 14.9 Å². The van der Waals surface area contributed by atoms with Gasteiger partial charge in [-0.15, -0.1) is 0 Å². The van der Waals surface area contributed by atoms with Gasteiger partial charge in [-0.2, -0.15) is 4.98 Å². The van der Waals surface area contributed by atoms with E-state index < -0.39 is 0 Å². The number of nitrogens with two attached hydrogens (primary N) is 2. The molecule has 6 nitrogen and oxygen atoms in total. The highest BCUT2D eigenvalue weighted by Gasteiger charge is 2.26. The molecule has 8 heteroatoms. The number of anilines is 2. The summed E-state index contributed by atoms with van der Waals surface area (Å²) >= 11 is 11.9. The van der Waals surface area contributed by atoms with E-state index in [-0.39, 0.29) is 11.9 Å². The zero-order valence-electron chi connectivity index (χ0n) is 12.0. The molecule has 2 aromatic rings. The average molecular weight is 350 g/mol. The smallest absolute Gasteiger partial charge is 0.247 e. The van der Waals surface area contributed by atoms with Crippen LogP contribution in [-0.2, 0) is 17.9 Å². The number of benzene rings is 1. The Kier molecular flexibility index (Phi) is 4.11. The fraction of sp³-hybridized carbons (Fsp3) is 0.133. The Morgan fingerprint density at radius 3 is 2.74 bits per heavy atom. The highest BCUT2D eigenvalue weighted by Crippen LogP contribution is 2.26. The number of fused-ring (bicyclic) bond motifs is 1. The molecule has 0 saturated heterocycles. The molecule has 0 saturated carbocycles. The van der Waals surface area contributed by atoms with Crippen LogP contribution in [0.1, 0.15) is 16.8 Å². The van der Waals surface area contributed by atoms with E-state index >= 15 is 0 Å². The molecule has 1 aliphatic heterocycles. The summed E-state index contributed by atoms with van der Waals surface area (Å²) in [5.41, 5.74) is 13.5. The Morgan fingerprint density at radius 2 is 2.00 bits per heavy atom. The zero-order chi connectivity index (χ0) is 16.6. The van der Waals surface area contributed by atoms with Crippen LogP contribution in [0.3, 0.4) is 0 Å². The van der Waals surface area contributed by atoms with E-state index in [1.54, 1.807) is 29.2 Å². The molecule has 4 N–H and O–H groups in total. The highest BCUT2D eigenvalue weighted by atomic mass is 35.5. The van der Waals surface area contributed by atoms with Gasteiger partial charge < -0.3 is 16.4 Å². The third kappa shape index (κ3) is 3.23. The molecule has 1 aromatic carbocycles. The number of nitrogens with zero attached hydrogens (tertiary/aromatic N) is 3. The van der Waals surface area contributed by atoms with Gasteiger partial charge in [0.25, 0.3) is 0 Å². The largest absolute Gasteiger partial charge is 0.383 e. The summed E-state index contributed by atoms with van der Waals surface area (Å²) in [5, 5.41) is 1.02. The Labute approximate surface area is 142 Å². The Morgan fingerprint density at radius 1 is 1.22 bits per heavy atom. The number of carbonyl (C=O) groups is 1. The summed E-state index contributed by atoms with van der Waals surface area (Å²) in [5.74, 6) is 0.249. The van der Waals surface area contributed by atoms with E-state index in [4.69, 9.17) is 34.7 Å². The maximum absolute atomic E-state index is 12.3. The van der Waals surface area contributed by atoms with Gasteiger partial charge in [-0.3, -0.25) is 4.79 Å². The fourth-order valence-electron chi connectivity index (χ4n) is 2.36. The molecule has 0 bridgehead atoms. The van der Waals surface area contributed by atoms with E-state index in [9.17, 15) is 4.79 Å². The molecule has 118 valence electrons. The number of amides is 1. The number of halogens is 2. The summed E-state index contributed by atoms with van der Waals surface area (Å²) in [6, 6.07) is 5.08. The minimum absolute atomic E-state index is 0.110. The van der Waals surface area contributed by atoms with Crippen molar-refractivity contribution in [3.8, 4) is 0 Å². The van der Waals surface area contributed by atoms with E-state index in [0.717, 1.165) is 5.56 Å². The van der Waals surface area contributed by atoms with Crippen LogP contribution in [0.2, 0.25) is 10.0 Å². The minimum Gasteiger partial charge on any atom is -0.383 e. The lowest BCUT2D eigenvalue weighted by Crippen LogP contribution is -2.23. The van der Waals surface area contributed by atoms with E-state index in [1.165, 1.54) is 6.08 Å². The lowest BCUT2D eigenvalue weighted by atomic mass is 10.2. The van der Waals surface area contributed by atoms with Crippen molar-refractivity contribution in [1.29, 1.82) is 0 Å². The molecule has 1 amide bonds. The topological polar surface area (TPSA) is 98.1 Å². The summed E-state index contributed by atoms with van der Waals surface area (Å²) < 4.78 is 0. The highest BCUT2D eigenvalue weighted by molar-refractivity contribution is 6.35. The third-order valence-corrected chi connectivity index (χ3v) is 4.07. The van der Waals surface area contributed by atoms with Crippen molar-refractivity contribution < 1.29 is 4.79 Å². The lowest BCUT2D eigenvalue weighted by molar-refractivity contribution is -0.126. The normalized spacial score (nSPS) is 13.6. The molecule has 3 rings (SSSR count). The van der Waals surface area contributed by atoms with Crippen LogP contribution in [0.25, 0.3) is 6.08 Å². The third-order valence-electron chi connectivity index (χ3n) is 3.51. The molecule has 1 aromatic heterocycles. The quantitative estimate of drug-likeness (QED) is 0.811. The molecule has 0 spiro atoms.